The molecule has 24 heavy (non-hydrogen) atoms. The number of hydrogen-bond donors (Lipinski definition) is 0. The summed E-state index contributed by atoms with van der Waals surface area (Å²) in [5.74, 6) is 0.922. The Balaban J connectivity index is 1.22. The molecule has 0 radical (unpaired) electrons. The zero-order chi connectivity index (χ0) is 16.2. The molecule has 1 aliphatic carbocycles. The average Bonchev–Trinajstić information content (AvgIpc) is 2.66. The fraction of sp³-hybridized carbons (Fsp3) is 0.727. The summed E-state index contributed by atoms with van der Waals surface area (Å²) < 4.78 is 0. The number of nitrogens with zero attached hydrogens (tertiary/aromatic N) is 2. The second kappa shape index (κ2) is 7.47. The zero-order valence-corrected chi connectivity index (χ0v) is 15.3. The molecular formula is C22H34N2. The minimum atomic E-state index is 0.755. The van der Waals surface area contributed by atoms with Gasteiger partial charge in [0.25, 0.3) is 0 Å². The summed E-state index contributed by atoms with van der Waals surface area (Å²) in [5.41, 5.74) is 2.17. The van der Waals surface area contributed by atoms with Crippen molar-refractivity contribution in [3.05, 3.63) is 30.3 Å². The first-order valence-corrected chi connectivity index (χ1v) is 10.4. The third-order valence-corrected chi connectivity index (χ3v) is 7.08. The minimum absolute atomic E-state index is 0.755. The van der Waals surface area contributed by atoms with Gasteiger partial charge in [0.05, 0.1) is 0 Å². The van der Waals surface area contributed by atoms with Crippen molar-refractivity contribution >= 4 is 5.69 Å². The standard InChI is InChI=1S/C22H34N2/c1-3-7-21(8-4-1)24-15-9-20(10-16-24)19-23-17-13-22(14-18-23)11-5-2-6-12-22/h1,3-4,7-8,20H,2,5-6,9-19H2. The number of para-hydroxylation sites is 1. The van der Waals surface area contributed by atoms with Gasteiger partial charge >= 0.3 is 0 Å². The lowest BCUT2D eigenvalue weighted by atomic mass is 9.68. The number of piperidine rings is 2. The first-order valence-electron chi connectivity index (χ1n) is 10.4. The monoisotopic (exact) mass is 326 g/mol. The molecule has 2 heteroatoms. The molecule has 1 spiro atoms. The van der Waals surface area contributed by atoms with E-state index in [1.807, 2.05) is 0 Å². The van der Waals surface area contributed by atoms with Gasteiger partial charge in [0.1, 0.15) is 0 Å². The first-order chi connectivity index (χ1) is 11.8. The lowest BCUT2D eigenvalue weighted by molar-refractivity contribution is 0.0575. The summed E-state index contributed by atoms with van der Waals surface area (Å²) in [6.45, 7) is 6.59. The van der Waals surface area contributed by atoms with Crippen LogP contribution in [0.5, 0.6) is 0 Å². The molecule has 2 nitrogen and oxygen atoms in total. The molecule has 3 fully saturated rings. The van der Waals surface area contributed by atoms with Crippen molar-refractivity contribution in [3.8, 4) is 0 Å². The molecule has 132 valence electrons. The second-order valence-corrected chi connectivity index (χ2v) is 8.63. The summed E-state index contributed by atoms with van der Waals surface area (Å²) >= 11 is 0. The number of hydrogen-bond acceptors (Lipinski definition) is 2. The Hall–Kier alpha value is -1.02. The van der Waals surface area contributed by atoms with Crippen LogP contribution in [-0.2, 0) is 0 Å². The van der Waals surface area contributed by atoms with Gasteiger partial charge in [-0.2, -0.15) is 0 Å². The smallest absolute Gasteiger partial charge is 0.0366 e. The number of likely N-dealkylation sites (tertiary alicyclic amines) is 1. The molecule has 2 aliphatic heterocycles. The molecular weight excluding hydrogens is 292 g/mol. The van der Waals surface area contributed by atoms with Crippen molar-refractivity contribution in [2.24, 2.45) is 11.3 Å². The fourth-order valence-corrected chi connectivity index (χ4v) is 5.39. The third-order valence-electron chi connectivity index (χ3n) is 7.08. The fourth-order valence-electron chi connectivity index (χ4n) is 5.39. The van der Waals surface area contributed by atoms with E-state index in [2.05, 4.69) is 40.1 Å². The molecule has 0 N–H and O–H groups in total. The first kappa shape index (κ1) is 16.4. The molecule has 0 unspecified atom stereocenters. The number of anilines is 1. The Bertz CT molecular complexity index is 488. The van der Waals surface area contributed by atoms with Crippen LogP contribution in [-0.4, -0.2) is 37.6 Å². The van der Waals surface area contributed by atoms with Gasteiger partial charge in [-0.1, -0.05) is 37.5 Å². The van der Waals surface area contributed by atoms with Crippen LogP contribution in [0, 0.1) is 11.3 Å². The number of rotatable bonds is 3. The van der Waals surface area contributed by atoms with Crippen LogP contribution < -0.4 is 4.90 Å². The van der Waals surface area contributed by atoms with Crippen molar-refractivity contribution in [2.45, 2.75) is 57.8 Å². The molecule has 1 aromatic carbocycles. The summed E-state index contributed by atoms with van der Waals surface area (Å²) in [6, 6.07) is 11.0. The largest absolute Gasteiger partial charge is 0.372 e. The van der Waals surface area contributed by atoms with E-state index in [1.54, 1.807) is 0 Å². The van der Waals surface area contributed by atoms with E-state index in [0.29, 0.717) is 0 Å². The normalized spacial score (nSPS) is 25.9. The molecule has 4 rings (SSSR count). The van der Waals surface area contributed by atoms with E-state index in [-0.39, 0.29) is 0 Å². The van der Waals surface area contributed by atoms with Gasteiger partial charge in [0, 0.05) is 25.3 Å². The molecule has 0 bridgehead atoms. The summed E-state index contributed by atoms with van der Waals surface area (Å²) in [5, 5.41) is 0. The minimum Gasteiger partial charge on any atom is -0.372 e. The van der Waals surface area contributed by atoms with Crippen molar-refractivity contribution in [1.29, 1.82) is 0 Å². The van der Waals surface area contributed by atoms with Gasteiger partial charge in [0.15, 0.2) is 0 Å². The van der Waals surface area contributed by atoms with Crippen LogP contribution in [0.1, 0.15) is 57.8 Å². The highest BCUT2D eigenvalue weighted by Gasteiger charge is 2.36. The zero-order valence-electron chi connectivity index (χ0n) is 15.3. The Morgan fingerprint density at radius 3 is 2.12 bits per heavy atom. The molecule has 2 saturated heterocycles. The predicted molar refractivity (Wildman–Crippen MR) is 103 cm³/mol. The van der Waals surface area contributed by atoms with E-state index >= 15 is 0 Å². The molecule has 3 aliphatic rings. The summed E-state index contributed by atoms with van der Waals surface area (Å²) in [7, 11) is 0. The molecule has 0 aromatic heterocycles. The van der Waals surface area contributed by atoms with Crippen LogP contribution >= 0.6 is 0 Å². The Morgan fingerprint density at radius 1 is 0.792 bits per heavy atom. The molecule has 0 atom stereocenters. The quantitative estimate of drug-likeness (QED) is 0.775. The van der Waals surface area contributed by atoms with Gasteiger partial charge in [0.2, 0.25) is 0 Å². The predicted octanol–water partition coefficient (Wildman–Crippen LogP) is 4.95. The van der Waals surface area contributed by atoms with Crippen molar-refractivity contribution in [2.75, 3.05) is 37.6 Å². The molecule has 2 heterocycles. The van der Waals surface area contributed by atoms with E-state index in [0.717, 1.165) is 11.3 Å². The van der Waals surface area contributed by atoms with Crippen LogP contribution in [0.4, 0.5) is 5.69 Å². The van der Waals surface area contributed by atoms with E-state index in [1.165, 1.54) is 96.2 Å². The van der Waals surface area contributed by atoms with Crippen LogP contribution in [0.15, 0.2) is 30.3 Å². The summed E-state index contributed by atoms with van der Waals surface area (Å²) in [6.07, 6.45) is 13.2. The molecule has 0 amide bonds. The van der Waals surface area contributed by atoms with Gasteiger partial charge in [-0.3, -0.25) is 0 Å². The van der Waals surface area contributed by atoms with Crippen molar-refractivity contribution in [1.82, 2.24) is 4.90 Å². The van der Waals surface area contributed by atoms with Crippen LogP contribution in [0.3, 0.4) is 0 Å². The third kappa shape index (κ3) is 3.79. The highest BCUT2D eigenvalue weighted by Crippen LogP contribution is 2.44. The van der Waals surface area contributed by atoms with Crippen molar-refractivity contribution in [3.63, 3.8) is 0 Å². The molecule has 1 saturated carbocycles. The van der Waals surface area contributed by atoms with Gasteiger partial charge in [-0.05, 0) is 75.1 Å². The van der Waals surface area contributed by atoms with Gasteiger partial charge < -0.3 is 9.80 Å². The van der Waals surface area contributed by atoms with Crippen molar-refractivity contribution < 1.29 is 0 Å². The van der Waals surface area contributed by atoms with E-state index in [4.69, 9.17) is 0 Å². The summed E-state index contributed by atoms with van der Waals surface area (Å²) in [4.78, 5) is 5.37. The molecule has 1 aromatic rings. The maximum absolute atomic E-state index is 2.79. The van der Waals surface area contributed by atoms with Gasteiger partial charge in [-0.25, -0.2) is 0 Å². The highest BCUT2D eigenvalue weighted by atomic mass is 15.2. The topological polar surface area (TPSA) is 6.48 Å². The maximum atomic E-state index is 2.79. The van der Waals surface area contributed by atoms with Gasteiger partial charge in [-0.15, -0.1) is 0 Å². The van der Waals surface area contributed by atoms with Crippen LogP contribution in [0.25, 0.3) is 0 Å². The SMILES string of the molecule is c1ccc(N2CCC(CN3CCC4(CCCCC4)CC3)CC2)cc1. The van der Waals surface area contributed by atoms with E-state index in [9.17, 15) is 0 Å². The second-order valence-electron chi connectivity index (χ2n) is 8.63. The Labute approximate surface area is 148 Å². The maximum Gasteiger partial charge on any atom is 0.0366 e. The van der Waals surface area contributed by atoms with E-state index < -0.39 is 0 Å². The van der Waals surface area contributed by atoms with Crippen LogP contribution in [0.2, 0.25) is 0 Å². The average molecular weight is 327 g/mol. The lowest BCUT2D eigenvalue weighted by Crippen LogP contribution is -2.44. The highest BCUT2D eigenvalue weighted by molar-refractivity contribution is 5.46. The number of benzene rings is 1. The Kier molecular flexibility index (Phi) is 5.12. The Morgan fingerprint density at radius 2 is 1.46 bits per heavy atom. The lowest BCUT2D eigenvalue weighted by Gasteiger charge is -2.45.